The Labute approximate surface area is 92.8 Å². The molecule has 0 saturated heterocycles. The molecule has 1 unspecified atom stereocenters. The van der Waals surface area contributed by atoms with Crippen molar-refractivity contribution in [2.75, 3.05) is 13.9 Å². The summed E-state index contributed by atoms with van der Waals surface area (Å²) in [6.45, 7) is 2.54. The number of hydrogen-bond donors (Lipinski definition) is 1. The number of aliphatic hydroxyl groups is 1. The second kappa shape index (κ2) is 7.20. The first-order valence-corrected chi connectivity index (χ1v) is 6.06. The molecule has 3 nitrogen and oxygen atoms in total. The van der Waals surface area contributed by atoms with Gasteiger partial charge in [0.05, 0.1) is 12.2 Å². The maximum atomic E-state index is 9.94. The summed E-state index contributed by atoms with van der Waals surface area (Å²) in [5.41, 5.74) is 0. The van der Waals surface area contributed by atoms with Crippen LogP contribution >= 0.6 is 0 Å². The van der Waals surface area contributed by atoms with Crippen molar-refractivity contribution in [1.29, 1.82) is 0 Å². The molecule has 15 heavy (non-hydrogen) atoms. The highest BCUT2D eigenvalue weighted by atomic mass is 16.7. The van der Waals surface area contributed by atoms with Crippen molar-refractivity contribution >= 4 is 0 Å². The van der Waals surface area contributed by atoms with Crippen LogP contribution in [0.4, 0.5) is 0 Å². The first kappa shape index (κ1) is 12.9. The first-order chi connectivity index (χ1) is 7.27. The van der Waals surface area contributed by atoms with E-state index in [-0.39, 0.29) is 6.10 Å². The van der Waals surface area contributed by atoms with Crippen LogP contribution in [0.2, 0.25) is 0 Å². The number of aliphatic hydroxyl groups excluding tert-OH is 1. The lowest BCUT2D eigenvalue weighted by Crippen LogP contribution is -2.19. The summed E-state index contributed by atoms with van der Waals surface area (Å²) in [7, 11) is 1.64. The maximum Gasteiger partial charge on any atom is 0.146 e. The van der Waals surface area contributed by atoms with Gasteiger partial charge in [-0.15, -0.1) is 0 Å². The maximum absolute atomic E-state index is 9.94. The first-order valence-electron chi connectivity index (χ1n) is 6.06. The molecule has 0 heterocycles. The van der Waals surface area contributed by atoms with Crippen molar-refractivity contribution in [2.45, 2.75) is 57.7 Å². The average Bonchev–Trinajstić information content (AvgIpc) is 2.71. The molecular weight excluding hydrogens is 192 g/mol. The number of methoxy groups -OCH3 is 1. The zero-order chi connectivity index (χ0) is 11.1. The van der Waals surface area contributed by atoms with Crippen molar-refractivity contribution in [3.63, 3.8) is 0 Å². The van der Waals surface area contributed by atoms with Crippen LogP contribution in [0.25, 0.3) is 0 Å². The Morgan fingerprint density at radius 2 is 2.20 bits per heavy atom. The summed E-state index contributed by atoms with van der Waals surface area (Å²) in [6, 6.07) is 0. The van der Waals surface area contributed by atoms with E-state index in [1.165, 1.54) is 0 Å². The van der Waals surface area contributed by atoms with Gasteiger partial charge in [-0.25, -0.2) is 0 Å². The fourth-order valence-corrected chi connectivity index (χ4v) is 2.29. The quantitative estimate of drug-likeness (QED) is 0.664. The Morgan fingerprint density at radius 1 is 1.40 bits per heavy atom. The Balaban J connectivity index is 2.17. The Bertz CT molecular complexity index is 161. The highest BCUT2D eigenvalue weighted by Crippen LogP contribution is 2.31. The fraction of sp³-hybridized carbons (Fsp3) is 1.00. The molecule has 0 radical (unpaired) electrons. The van der Waals surface area contributed by atoms with Gasteiger partial charge in [-0.3, -0.25) is 0 Å². The second-order valence-corrected chi connectivity index (χ2v) is 4.48. The molecular formula is C12H24O3. The lowest BCUT2D eigenvalue weighted by molar-refractivity contribution is -0.0716. The normalized spacial score (nSPS) is 28.2. The molecule has 1 aliphatic rings. The molecule has 1 saturated carbocycles. The summed E-state index contributed by atoms with van der Waals surface area (Å²) in [6.07, 6.45) is 6.56. The topological polar surface area (TPSA) is 38.7 Å². The van der Waals surface area contributed by atoms with E-state index >= 15 is 0 Å². The van der Waals surface area contributed by atoms with Gasteiger partial charge in [0.2, 0.25) is 0 Å². The molecule has 0 aliphatic heterocycles. The van der Waals surface area contributed by atoms with Gasteiger partial charge >= 0.3 is 0 Å². The molecule has 0 aromatic carbocycles. The largest absolute Gasteiger partial charge is 0.393 e. The molecule has 0 aromatic heterocycles. The molecule has 1 fully saturated rings. The third-order valence-corrected chi connectivity index (χ3v) is 3.24. The van der Waals surface area contributed by atoms with Gasteiger partial charge in [-0.1, -0.05) is 19.8 Å². The van der Waals surface area contributed by atoms with Crippen LogP contribution in [0.5, 0.6) is 0 Å². The van der Waals surface area contributed by atoms with Crippen LogP contribution < -0.4 is 0 Å². The minimum Gasteiger partial charge on any atom is -0.393 e. The molecule has 1 rings (SSSR count). The minimum atomic E-state index is -0.124. The van der Waals surface area contributed by atoms with Gasteiger partial charge in [-0.05, 0) is 31.6 Å². The Kier molecular flexibility index (Phi) is 6.22. The predicted molar refractivity (Wildman–Crippen MR) is 59.6 cm³/mol. The standard InChI is InChI=1S/C12H24O3/c1-3-4-5-12(13)10-6-7-11(8-10)15-9-14-2/h10-13H,3-9H2,1-2H3/t10-,11-,12?/m1/s1. The predicted octanol–water partition coefficient (Wildman–Crippen LogP) is 2.33. The van der Waals surface area contributed by atoms with Crippen LogP contribution in [-0.4, -0.2) is 31.2 Å². The lowest BCUT2D eigenvalue weighted by atomic mass is 9.96. The molecule has 90 valence electrons. The van der Waals surface area contributed by atoms with Crippen molar-refractivity contribution in [3.05, 3.63) is 0 Å². The van der Waals surface area contributed by atoms with E-state index in [9.17, 15) is 5.11 Å². The van der Waals surface area contributed by atoms with Crippen LogP contribution in [0.3, 0.4) is 0 Å². The van der Waals surface area contributed by atoms with Gasteiger partial charge in [-0.2, -0.15) is 0 Å². The summed E-state index contributed by atoms with van der Waals surface area (Å²) < 4.78 is 10.4. The molecule has 0 bridgehead atoms. The smallest absolute Gasteiger partial charge is 0.146 e. The second-order valence-electron chi connectivity index (χ2n) is 4.48. The summed E-state index contributed by atoms with van der Waals surface area (Å²) in [4.78, 5) is 0. The van der Waals surface area contributed by atoms with Gasteiger partial charge < -0.3 is 14.6 Å². The van der Waals surface area contributed by atoms with Crippen molar-refractivity contribution in [1.82, 2.24) is 0 Å². The van der Waals surface area contributed by atoms with Crippen molar-refractivity contribution < 1.29 is 14.6 Å². The van der Waals surface area contributed by atoms with Gasteiger partial charge in [0.25, 0.3) is 0 Å². The number of unbranched alkanes of at least 4 members (excludes halogenated alkanes) is 1. The van der Waals surface area contributed by atoms with Crippen LogP contribution in [-0.2, 0) is 9.47 Å². The Hall–Kier alpha value is -0.120. The molecule has 1 aliphatic carbocycles. The lowest BCUT2D eigenvalue weighted by Gasteiger charge is -2.17. The van der Waals surface area contributed by atoms with Crippen molar-refractivity contribution in [2.24, 2.45) is 5.92 Å². The van der Waals surface area contributed by atoms with E-state index in [0.717, 1.165) is 38.5 Å². The van der Waals surface area contributed by atoms with Crippen LogP contribution in [0.15, 0.2) is 0 Å². The zero-order valence-corrected chi connectivity index (χ0v) is 9.95. The summed E-state index contributed by atoms with van der Waals surface area (Å²) in [5.74, 6) is 0.443. The molecule has 3 heteroatoms. The van der Waals surface area contributed by atoms with Crippen LogP contribution in [0.1, 0.15) is 45.4 Å². The van der Waals surface area contributed by atoms with Gasteiger partial charge in [0.1, 0.15) is 6.79 Å². The SMILES string of the molecule is CCCCC(O)[C@@H]1CC[C@@H](OCOC)C1. The van der Waals surface area contributed by atoms with Crippen LogP contribution in [0, 0.1) is 5.92 Å². The van der Waals surface area contributed by atoms with E-state index in [1.807, 2.05) is 0 Å². The van der Waals surface area contributed by atoms with Gasteiger partial charge in [0, 0.05) is 7.11 Å². The van der Waals surface area contributed by atoms with E-state index in [0.29, 0.717) is 18.8 Å². The zero-order valence-electron chi connectivity index (χ0n) is 9.95. The highest BCUT2D eigenvalue weighted by molar-refractivity contribution is 4.80. The van der Waals surface area contributed by atoms with E-state index in [4.69, 9.17) is 9.47 Å². The minimum absolute atomic E-state index is 0.124. The molecule has 0 spiro atoms. The average molecular weight is 216 g/mol. The third-order valence-electron chi connectivity index (χ3n) is 3.24. The molecule has 3 atom stereocenters. The number of hydrogen-bond acceptors (Lipinski definition) is 3. The number of ether oxygens (including phenoxy) is 2. The molecule has 1 N–H and O–H groups in total. The Morgan fingerprint density at radius 3 is 2.87 bits per heavy atom. The summed E-state index contributed by atoms with van der Waals surface area (Å²) >= 11 is 0. The van der Waals surface area contributed by atoms with E-state index < -0.39 is 0 Å². The van der Waals surface area contributed by atoms with Gasteiger partial charge in [0.15, 0.2) is 0 Å². The van der Waals surface area contributed by atoms with E-state index in [2.05, 4.69) is 6.92 Å². The molecule has 0 aromatic rings. The number of rotatable bonds is 7. The fourth-order valence-electron chi connectivity index (χ4n) is 2.29. The van der Waals surface area contributed by atoms with Crippen molar-refractivity contribution in [3.8, 4) is 0 Å². The van der Waals surface area contributed by atoms with E-state index in [1.54, 1.807) is 7.11 Å². The molecule has 0 amide bonds. The summed E-state index contributed by atoms with van der Waals surface area (Å²) in [5, 5.41) is 9.94. The third kappa shape index (κ3) is 4.49. The monoisotopic (exact) mass is 216 g/mol. The highest BCUT2D eigenvalue weighted by Gasteiger charge is 2.29.